The Morgan fingerprint density at radius 3 is 2.55 bits per heavy atom. The Labute approximate surface area is 142 Å². The number of pyridine rings is 1. The van der Waals surface area contributed by atoms with Gasteiger partial charge in [0.25, 0.3) is 0 Å². The Kier molecular flexibility index (Phi) is 2.35. The van der Waals surface area contributed by atoms with Crippen molar-refractivity contribution in [1.29, 1.82) is 0 Å². The highest BCUT2D eigenvalue weighted by atomic mass is 127. The summed E-state index contributed by atoms with van der Waals surface area (Å²) in [5.41, 5.74) is 5.38. The fourth-order valence-electron chi connectivity index (χ4n) is 3.98. The Morgan fingerprint density at radius 1 is 1.00 bits per heavy atom. The van der Waals surface area contributed by atoms with E-state index in [1.165, 1.54) is 32.9 Å². The highest BCUT2D eigenvalue weighted by Crippen LogP contribution is 2.42. The van der Waals surface area contributed by atoms with Crippen LogP contribution in [0, 0.1) is 3.70 Å². The maximum Gasteiger partial charge on any atom is 0.146 e. The standard InChI is InChI=1S/C19H15IN2/c1-19(2)10-15-17(20)21-18-13-7-4-3-6-11(13)12-8-5-9-14(19)16(12)22(15)18/h3-9H,10H2,1-2H3. The fourth-order valence-corrected chi connectivity index (χ4v) is 4.64. The summed E-state index contributed by atoms with van der Waals surface area (Å²) in [7, 11) is 0. The zero-order valence-corrected chi connectivity index (χ0v) is 14.7. The number of fused-ring (bicyclic) bond motifs is 3. The monoisotopic (exact) mass is 398 g/mol. The van der Waals surface area contributed by atoms with Gasteiger partial charge >= 0.3 is 0 Å². The number of benzene rings is 2. The molecule has 0 unspecified atom stereocenters. The summed E-state index contributed by atoms with van der Waals surface area (Å²) < 4.78 is 3.54. The lowest BCUT2D eigenvalue weighted by Gasteiger charge is -2.32. The lowest BCUT2D eigenvalue weighted by molar-refractivity contribution is 0.505. The Balaban J connectivity index is 2.22. The minimum Gasteiger partial charge on any atom is -0.295 e. The minimum atomic E-state index is 0.144. The van der Waals surface area contributed by atoms with Gasteiger partial charge in [-0.3, -0.25) is 4.40 Å². The van der Waals surface area contributed by atoms with Gasteiger partial charge in [-0.2, -0.15) is 0 Å². The van der Waals surface area contributed by atoms with Crippen LogP contribution in [-0.4, -0.2) is 9.38 Å². The van der Waals surface area contributed by atoms with Crippen molar-refractivity contribution in [2.45, 2.75) is 25.7 Å². The molecule has 0 fully saturated rings. The van der Waals surface area contributed by atoms with Crippen molar-refractivity contribution in [3.05, 3.63) is 57.4 Å². The molecule has 0 bridgehead atoms. The van der Waals surface area contributed by atoms with Gasteiger partial charge in [-0.05, 0) is 45.4 Å². The number of nitrogens with zero attached hydrogens (tertiary/aromatic N) is 2. The average molecular weight is 398 g/mol. The summed E-state index contributed by atoms with van der Waals surface area (Å²) in [6.45, 7) is 4.69. The fraction of sp³-hybridized carbons (Fsp3) is 0.211. The third kappa shape index (κ3) is 1.43. The van der Waals surface area contributed by atoms with Gasteiger partial charge in [-0.25, -0.2) is 4.98 Å². The van der Waals surface area contributed by atoms with E-state index in [4.69, 9.17) is 4.98 Å². The second kappa shape index (κ2) is 4.02. The lowest BCUT2D eigenvalue weighted by Crippen LogP contribution is -2.26. The first-order chi connectivity index (χ1) is 10.6. The molecule has 0 saturated carbocycles. The predicted octanol–water partition coefficient (Wildman–Crippen LogP) is 5.08. The van der Waals surface area contributed by atoms with Crippen LogP contribution in [0.2, 0.25) is 0 Å². The van der Waals surface area contributed by atoms with E-state index in [9.17, 15) is 0 Å². The lowest BCUT2D eigenvalue weighted by atomic mass is 9.77. The maximum absolute atomic E-state index is 4.91. The quantitative estimate of drug-likeness (QED) is 0.298. The van der Waals surface area contributed by atoms with Crippen LogP contribution in [0.3, 0.4) is 0 Å². The van der Waals surface area contributed by atoms with Gasteiger partial charge in [0.05, 0.1) is 11.2 Å². The number of aromatic nitrogens is 2. The molecule has 3 heterocycles. The number of rotatable bonds is 0. The molecule has 0 atom stereocenters. The van der Waals surface area contributed by atoms with Gasteiger partial charge in [-0.1, -0.05) is 56.3 Å². The third-order valence-corrected chi connectivity index (χ3v) is 5.84. The molecule has 0 spiro atoms. The number of hydrogen-bond donors (Lipinski definition) is 0. The van der Waals surface area contributed by atoms with E-state index >= 15 is 0 Å². The summed E-state index contributed by atoms with van der Waals surface area (Å²) in [5, 5.41) is 3.89. The zero-order chi connectivity index (χ0) is 15.1. The first kappa shape index (κ1) is 12.9. The van der Waals surface area contributed by atoms with E-state index in [0.717, 1.165) is 15.8 Å². The summed E-state index contributed by atoms with van der Waals surface area (Å²) in [6.07, 6.45) is 1.04. The van der Waals surface area contributed by atoms with Crippen LogP contribution < -0.4 is 0 Å². The summed E-state index contributed by atoms with van der Waals surface area (Å²) >= 11 is 2.39. The molecule has 1 aliphatic rings. The third-order valence-electron chi connectivity index (χ3n) is 4.98. The van der Waals surface area contributed by atoms with Gasteiger partial charge < -0.3 is 0 Å². The number of hydrogen-bond acceptors (Lipinski definition) is 1. The molecule has 3 heteroatoms. The summed E-state index contributed by atoms with van der Waals surface area (Å²) in [4.78, 5) is 4.91. The molecule has 22 heavy (non-hydrogen) atoms. The minimum absolute atomic E-state index is 0.144. The molecule has 5 rings (SSSR count). The molecule has 0 radical (unpaired) electrons. The Morgan fingerprint density at radius 2 is 1.73 bits per heavy atom. The number of halogens is 1. The smallest absolute Gasteiger partial charge is 0.146 e. The second-order valence-corrected chi connectivity index (χ2v) is 7.84. The van der Waals surface area contributed by atoms with Gasteiger partial charge in [0.2, 0.25) is 0 Å². The van der Waals surface area contributed by atoms with Crippen molar-refractivity contribution in [3.8, 4) is 0 Å². The second-order valence-electron chi connectivity index (χ2n) is 6.82. The van der Waals surface area contributed by atoms with E-state index in [-0.39, 0.29) is 5.41 Å². The van der Waals surface area contributed by atoms with Crippen LogP contribution >= 0.6 is 22.6 Å². The van der Waals surface area contributed by atoms with Crippen molar-refractivity contribution in [2.24, 2.45) is 0 Å². The van der Waals surface area contributed by atoms with Crippen molar-refractivity contribution in [2.75, 3.05) is 0 Å². The molecule has 1 aliphatic heterocycles. The zero-order valence-electron chi connectivity index (χ0n) is 12.5. The molecule has 0 saturated heterocycles. The van der Waals surface area contributed by atoms with Gasteiger partial charge in [0.1, 0.15) is 9.35 Å². The van der Waals surface area contributed by atoms with Crippen LogP contribution in [0.5, 0.6) is 0 Å². The van der Waals surface area contributed by atoms with Crippen LogP contribution in [0.15, 0.2) is 42.5 Å². The van der Waals surface area contributed by atoms with E-state index < -0.39 is 0 Å². The number of para-hydroxylation sites is 1. The molecule has 2 aromatic heterocycles. The normalized spacial score (nSPS) is 16.1. The molecule has 2 aromatic carbocycles. The van der Waals surface area contributed by atoms with E-state index in [1.54, 1.807) is 0 Å². The van der Waals surface area contributed by atoms with Gasteiger partial charge in [0.15, 0.2) is 0 Å². The highest BCUT2D eigenvalue weighted by Gasteiger charge is 2.33. The SMILES string of the molecule is CC1(C)Cc2c(I)nc3c4ccccc4c4cccc1c4n23. The largest absolute Gasteiger partial charge is 0.295 e. The van der Waals surface area contributed by atoms with Crippen molar-refractivity contribution >= 4 is 49.9 Å². The van der Waals surface area contributed by atoms with Crippen LogP contribution in [-0.2, 0) is 11.8 Å². The van der Waals surface area contributed by atoms with Crippen LogP contribution in [0.4, 0.5) is 0 Å². The molecule has 108 valence electrons. The first-order valence-corrected chi connectivity index (χ1v) is 8.66. The average Bonchev–Trinajstić information content (AvgIpc) is 2.84. The molecule has 0 aliphatic carbocycles. The van der Waals surface area contributed by atoms with Crippen LogP contribution in [0.25, 0.3) is 27.3 Å². The molecule has 0 N–H and O–H groups in total. The number of imidazole rings is 1. The summed E-state index contributed by atoms with van der Waals surface area (Å²) in [6, 6.07) is 15.4. The molecule has 0 amide bonds. The molecular formula is C19H15IN2. The van der Waals surface area contributed by atoms with E-state index in [1.807, 2.05) is 0 Å². The Bertz CT molecular complexity index is 1090. The molecule has 2 nitrogen and oxygen atoms in total. The molecule has 4 aromatic rings. The van der Waals surface area contributed by atoms with Gasteiger partial charge in [-0.15, -0.1) is 0 Å². The summed E-state index contributed by atoms with van der Waals surface area (Å²) in [5.74, 6) is 0. The van der Waals surface area contributed by atoms with E-state index in [2.05, 4.69) is 83.3 Å². The first-order valence-electron chi connectivity index (χ1n) is 7.59. The maximum atomic E-state index is 4.91. The highest BCUT2D eigenvalue weighted by molar-refractivity contribution is 14.1. The molecular weight excluding hydrogens is 383 g/mol. The van der Waals surface area contributed by atoms with Crippen molar-refractivity contribution < 1.29 is 0 Å². The van der Waals surface area contributed by atoms with Crippen LogP contribution in [0.1, 0.15) is 25.1 Å². The van der Waals surface area contributed by atoms with E-state index in [0.29, 0.717) is 0 Å². The van der Waals surface area contributed by atoms with Gasteiger partial charge in [0, 0.05) is 10.8 Å². The topological polar surface area (TPSA) is 17.3 Å². The van der Waals surface area contributed by atoms with Crippen molar-refractivity contribution in [1.82, 2.24) is 9.38 Å². The predicted molar refractivity (Wildman–Crippen MR) is 99.7 cm³/mol. The van der Waals surface area contributed by atoms with Crippen molar-refractivity contribution in [3.63, 3.8) is 0 Å². The Hall–Kier alpha value is -1.62.